The molecule has 2 nitrogen and oxygen atoms in total. The van der Waals surface area contributed by atoms with Gasteiger partial charge in [0.2, 0.25) is 0 Å². The van der Waals surface area contributed by atoms with Crippen LogP contribution in [-0.4, -0.2) is 11.1 Å². The van der Waals surface area contributed by atoms with E-state index in [0.29, 0.717) is 11.8 Å². The van der Waals surface area contributed by atoms with Gasteiger partial charge >= 0.3 is 0 Å². The van der Waals surface area contributed by atoms with Gasteiger partial charge in [-0.1, -0.05) is 6.07 Å². The first kappa shape index (κ1) is 8.42. The molecule has 2 heteroatoms. The predicted molar refractivity (Wildman–Crippen MR) is 53.9 cm³/mol. The van der Waals surface area contributed by atoms with E-state index in [1.165, 1.54) is 12.8 Å². The van der Waals surface area contributed by atoms with E-state index in [2.05, 4.69) is 12.2 Å². The molecule has 0 heterocycles. The van der Waals surface area contributed by atoms with Crippen molar-refractivity contribution >= 4 is 5.69 Å². The van der Waals surface area contributed by atoms with Gasteiger partial charge in [0.25, 0.3) is 0 Å². The molecule has 1 aliphatic rings. The standard InChI is InChI=1S/C11H15NO/c1-8(9-5-6-9)12-10-3-2-4-11(13)7-10/h2-4,7-9,12-13H,5-6H2,1H3. The number of nitrogens with one attached hydrogen (secondary N) is 1. The lowest BCUT2D eigenvalue weighted by Crippen LogP contribution is -2.16. The molecule has 13 heavy (non-hydrogen) atoms. The molecule has 1 aliphatic carbocycles. The fourth-order valence-corrected chi connectivity index (χ4v) is 1.57. The molecule has 2 rings (SSSR count). The second kappa shape index (κ2) is 3.29. The van der Waals surface area contributed by atoms with Gasteiger partial charge in [-0.25, -0.2) is 0 Å². The Bertz CT molecular complexity index is 294. The maximum Gasteiger partial charge on any atom is 0.117 e. The number of phenolic OH excluding ortho intramolecular Hbond substituents is 1. The summed E-state index contributed by atoms with van der Waals surface area (Å²) in [4.78, 5) is 0. The Morgan fingerprint density at radius 3 is 2.85 bits per heavy atom. The summed E-state index contributed by atoms with van der Waals surface area (Å²) in [5.41, 5.74) is 1.01. The summed E-state index contributed by atoms with van der Waals surface area (Å²) in [6.07, 6.45) is 2.68. The maximum absolute atomic E-state index is 9.24. The van der Waals surface area contributed by atoms with Crippen molar-refractivity contribution in [2.24, 2.45) is 5.92 Å². The summed E-state index contributed by atoms with van der Waals surface area (Å²) < 4.78 is 0. The number of hydrogen-bond acceptors (Lipinski definition) is 2. The van der Waals surface area contributed by atoms with Crippen LogP contribution >= 0.6 is 0 Å². The zero-order chi connectivity index (χ0) is 9.26. The Morgan fingerprint density at radius 1 is 1.46 bits per heavy atom. The minimum Gasteiger partial charge on any atom is -0.508 e. The highest BCUT2D eigenvalue weighted by atomic mass is 16.3. The average molecular weight is 177 g/mol. The van der Waals surface area contributed by atoms with Crippen molar-refractivity contribution in [2.75, 3.05) is 5.32 Å². The van der Waals surface area contributed by atoms with Crippen molar-refractivity contribution in [2.45, 2.75) is 25.8 Å². The van der Waals surface area contributed by atoms with Gasteiger partial charge in [0.15, 0.2) is 0 Å². The minimum atomic E-state index is 0.327. The monoisotopic (exact) mass is 177 g/mol. The lowest BCUT2D eigenvalue weighted by atomic mass is 10.2. The van der Waals surface area contributed by atoms with Crippen molar-refractivity contribution in [3.05, 3.63) is 24.3 Å². The highest BCUT2D eigenvalue weighted by Gasteiger charge is 2.27. The van der Waals surface area contributed by atoms with Crippen molar-refractivity contribution in [1.82, 2.24) is 0 Å². The Morgan fingerprint density at radius 2 is 2.23 bits per heavy atom. The summed E-state index contributed by atoms with van der Waals surface area (Å²) in [5, 5.41) is 12.6. The summed E-state index contributed by atoms with van der Waals surface area (Å²) in [6.45, 7) is 2.20. The van der Waals surface area contributed by atoms with Crippen LogP contribution in [-0.2, 0) is 0 Å². The quantitative estimate of drug-likeness (QED) is 0.743. The smallest absolute Gasteiger partial charge is 0.117 e. The number of anilines is 1. The van der Waals surface area contributed by atoms with Crippen LogP contribution < -0.4 is 5.32 Å². The molecule has 1 fully saturated rings. The van der Waals surface area contributed by atoms with E-state index >= 15 is 0 Å². The van der Waals surface area contributed by atoms with Gasteiger partial charge in [-0.3, -0.25) is 0 Å². The number of phenols is 1. The van der Waals surface area contributed by atoms with Crippen LogP contribution in [0.3, 0.4) is 0 Å². The SMILES string of the molecule is CC(Nc1cccc(O)c1)C1CC1. The maximum atomic E-state index is 9.24. The van der Waals surface area contributed by atoms with Crippen molar-refractivity contribution in [1.29, 1.82) is 0 Å². The number of rotatable bonds is 3. The zero-order valence-electron chi connectivity index (χ0n) is 7.83. The third-order valence-electron chi connectivity index (χ3n) is 2.57. The van der Waals surface area contributed by atoms with Gasteiger partial charge in [-0.2, -0.15) is 0 Å². The summed E-state index contributed by atoms with van der Waals surface area (Å²) in [5.74, 6) is 1.16. The average Bonchev–Trinajstić information content (AvgIpc) is 2.85. The summed E-state index contributed by atoms with van der Waals surface area (Å²) in [7, 11) is 0. The van der Waals surface area contributed by atoms with Crippen molar-refractivity contribution in [3.8, 4) is 5.75 Å². The summed E-state index contributed by atoms with van der Waals surface area (Å²) >= 11 is 0. The Labute approximate surface area is 78.6 Å². The Balaban J connectivity index is 2.00. The molecule has 1 unspecified atom stereocenters. The molecule has 0 radical (unpaired) electrons. The molecule has 1 atom stereocenters. The van der Waals surface area contributed by atoms with E-state index in [1.807, 2.05) is 12.1 Å². The van der Waals surface area contributed by atoms with Gasteiger partial charge < -0.3 is 10.4 Å². The van der Waals surface area contributed by atoms with Crippen molar-refractivity contribution in [3.63, 3.8) is 0 Å². The lowest BCUT2D eigenvalue weighted by molar-refractivity contribution is 0.475. The zero-order valence-corrected chi connectivity index (χ0v) is 7.83. The third kappa shape index (κ3) is 2.14. The topological polar surface area (TPSA) is 32.3 Å². The largest absolute Gasteiger partial charge is 0.508 e. The Kier molecular flexibility index (Phi) is 2.13. The number of aromatic hydroxyl groups is 1. The number of hydrogen-bond donors (Lipinski definition) is 2. The second-order valence-electron chi connectivity index (χ2n) is 3.82. The van der Waals surface area contributed by atoms with Gasteiger partial charge in [0.1, 0.15) is 5.75 Å². The van der Waals surface area contributed by atoms with E-state index < -0.39 is 0 Å². The van der Waals surface area contributed by atoms with Crippen LogP contribution in [0, 0.1) is 5.92 Å². The molecule has 70 valence electrons. The van der Waals surface area contributed by atoms with Crippen LogP contribution in [0.1, 0.15) is 19.8 Å². The van der Waals surface area contributed by atoms with Gasteiger partial charge in [0.05, 0.1) is 0 Å². The van der Waals surface area contributed by atoms with Crippen LogP contribution in [0.4, 0.5) is 5.69 Å². The highest BCUT2D eigenvalue weighted by Crippen LogP contribution is 2.34. The van der Waals surface area contributed by atoms with E-state index in [0.717, 1.165) is 11.6 Å². The first-order valence-corrected chi connectivity index (χ1v) is 4.81. The fraction of sp³-hybridized carbons (Fsp3) is 0.455. The molecule has 0 bridgehead atoms. The van der Waals surface area contributed by atoms with Crippen LogP contribution in [0.2, 0.25) is 0 Å². The molecule has 1 aromatic carbocycles. The van der Waals surface area contributed by atoms with Crippen LogP contribution in [0.5, 0.6) is 5.75 Å². The van der Waals surface area contributed by atoms with E-state index in [1.54, 1.807) is 12.1 Å². The molecule has 1 saturated carbocycles. The molecule has 2 N–H and O–H groups in total. The van der Waals surface area contributed by atoms with Gasteiger partial charge in [-0.05, 0) is 37.8 Å². The first-order chi connectivity index (χ1) is 6.25. The second-order valence-corrected chi connectivity index (χ2v) is 3.82. The van der Waals surface area contributed by atoms with E-state index in [4.69, 9.17) is 0 Å². The molecule has 0 aromatic heterocycles. The highest BCUT2D eigenvalue weighted by molar-refractivity contribution is 5.48. The molecule has 0 amide bonds. The molecule has 0 spiro atoms. The first-order valence-electron chi connectivity index (χ1n) is 4.81. The molecule has 1 aromatic rings. The van der Waals surface area contributed by atoms with Crippen LogP contribution in [0.15, 0.2) is 24.3 Å². The predicted octanol–water partition coefficient (Wildman–Crippen LogP) is 2.60. The van der Waals surface area contributed by atoms with Crippen LogP contribution in [0.25, 0.3) is 0 Å². The minimum absolute atomic E-state index is 0.327. The fourth-order valence-electron chi connectivity index (χ4n) is 1.57. The molecule has 0 aliphatic heterocycles. The number of benzene rings is 1. The molecular weight excluding hydrogens is 162 g/mol. The normalized spacial score (nSPS) is 18.2. The van der Waals surface area contributed by atoms with E-state index in [9.17, 15) is 5.11 Å². The van der Waals surface area contributed by atoms with Gasteiger partial charge in [-0.15, -0.1) is 0 Å². The lowest BCUT2D eigenvalue weighted by Gasteiger charge is -2.14. The Hall–Kier alpha value is -1.18. The molecular formula is C11H15NO. The third-order valence-corrected chi connectivity index (χ3v) is 2.57. The van der Waals surface area contributed by atoms with Crippen molar-refractivity contribution < 1.29 is 5.11 Å². The summed E-state index contributed by atoms with van der Waals surface area (Å²) in [6, 6.07) is 7.82. The van der Waals surface area contributed by atoms with E-state index in [-0.39, 0.29) is 0 Å². The van der Waals surface area contributed by atoms with Gasteiger partial charge in [0, 0.05) is 17.8 Å². The molecule has 0 saturated heterocycles.